The highest BCUT2D eigenvalue weighted by atomic mass is 32.2. The standard InChI is InChI=1S/C8H10N3O2S2/c12-7(11-1-3-13-4-2-11)5-14-8-10-9-6-15-8/h1-5H2. The molecule has 1 amide bonds. The fourth-order valence-electron chi connectivity index (χ4n) is 1.23. The van der Waals surface area contributed by atoms with E-state index in [0.29, 0.717) is 32.1 Å². The summed E-state index contributed by atoms with van der Waals surface area (Å²) in [6, 6.07) is 0. The third kappa shape index (κ3) is 3.15. The van der Waals surface area contributed by atoms with Crippen LogP contribution in [0.4, 0.5) is 0 Å². The van der Waals surface area contributed by atoms with Crippen molar-refractivity contribution in [3.05, 3.63) is 5.51 Å². The molecule has 1 fully saturated rings. The van der Waals surface area contributed by atoms with Gasteiger partial charge in [-0.05, 0) is 0 Å². The van der Waals surface area contributed by atoms with Crippen LogP contribution in [0, 0.1) is 5.51 Å². The zero-order chi connectivity index (χ0) is 10.5. The Morgan fingerprint density at radius 2 is 2.40 bits per heavy atom. The van der Waals surface area contributed by atoms with Gasteiger partial charge in [0.05, 0.1) is 19.0 Å². The van der Waals surface area contributed by atoms with Crippen molar-refractivity contribution in [1.82, 2.24) is 15.1 Å². The zero-order valence-electron chi connectivity index (χ0n) is 8.01. The number of thioether (sulfide) groups is 1. The lowest BCUT2D eigenvalue weighted by Crippen LogP contribution is -2.41. The van der Waals surface area contributed by atoms with Crippen LogP contribution in [0.15, 0.2) is 4.34 Å². The highest BCUT2D eigenvalue weighted by Crippen LogP contribution is 2.18. The fourth-order valence-corrected chi connectivity index (χ4v) is 2.52. The molecule has 1 saturated heterocycles. The predicted molar refractivity (Wildman–Crippen MR) is 56.9 cm³/mol. The highest BCUT2D eigenvalue weighted by molar-refractivity contribution is 8.01. The molecule has 81 valence electrons. The van der Waals surface area contributed by atoms with Crippen molar-refractivity contribution in [3.63, 3.8) is 0 Å². The molecule has 0 saturated carbocycles. The minimum Gasteiger partial charge on any atom is -0.378 e. The van der Waals surface area contributed by atoms with E-state index in [0.717, 1.165) is 4.34 Å². The molecule has 0 aromatic carbocycles. The zero-order valence-corrected chi connectivity index (χ0v) is 9.64. The molecule has 1 radical (unpaired) electrons. The maximum atomic E-state index is 11.7. The molecule has 7 heteroatoms. The van der Waals surface area contributed by atoms with E-state index in [1.165, 1.54) is 23.1 Å². The third-order valence-corrected chi connectivity index (χ3v) is 3.74. The molecule has 0 atom stereocenters. The van der Waals surface area contributed by atoms with E-state index in [4.69, 9.17) is 4.74 Å². The Balaban J connectivity index is 1.76. The van der Waals surface area contributed by atoms with Crippen LogP contribution in [0.5, 0.6) is 0 Å². The minimum absolute atomic E-state index is 0.138. The molecule has 1 aliphatic heterocycles. The number of amides is 1. The molecule has 1 aliphatic rings. The summed E-state index contributed by atoms with van der Waals surface area (Å²) < 4.78 is 5.96. The molecule has 2 heterocycles. The molecule has 0 bridgehead atoms. The van der Waals surface area contributed by atoms with E-state index < -0.39 is 0 Å². The maximum absolute atomic E-state index is 11.7. The SMILES string of the molecule is O=C(CSc1nn[c]s1)N1CCOCC1. The molecular weight excluding hydrogens is 234 g/mol. The lowest BCUT2D eigenvalue weighted by atomic mass is 10.4. The highest BCUT2D eigenvalue weighted by Gasteiger charge is 2.17. The second-order valence-electron chi connectivity index (χ2n) is 2.94. The van der Waals surface area contributed by atoms with Gasteiger partial charge in [0.2, 0.25) is 5.91 Å². The summed E-state index contributed by atoms with van der Waals surface area (Å²) in [5.74, 6) is 0.557. The van der Waals surface area contributed by atoms with Crippen LogP contribution in [0.2, 0.25) is 0 Å². The first-order valence-corrected chi connectivity index (χ1v) is 6.34. The summed E-state index contributed by atoms with van der Waals surface area (Å²) in [7, 11) is 0. The van der Waals surface area contributed by atoms with Crippen molar-refractivity contribution >= 4 is 29.0 Å². The van der Waals surface area contributed by atoms with Crippen LogP contribution < -0.4 is 0 Å². The number of carbonyl (C=O) groups excluding carboxylic acids is 1. The summed E-state index contributed by atoms with van der Waals surface area (Å²) >= 11 is 2.74. The monoisotopic (exact) mass is 244 g/mol. The van der Waals surface area contributed by atoms with Gasteiger partial charge < -0.3 is 9.64 Å². The van der Waals surface area contributed by atoms with Gasteiger partial charge in [0.15, 0.2) is 9.85 Å². The first-order chi connectivity index (χ1) is 7.36. The molecule has 1 aromatic heterocycles. The van der Waals surface area contributed by atoms with Gasteiger partial charge in [-0.25, -0.2) is 0 Å². The molecule has 0 aliphatic carbocycles. The van der Waals surface area contributed by atoms with E-state index in [1.54, 1.807) is 0 Å². The van der Waals surface area contributed by atoms with Crippen molar-refractivity contribution in [2.24, 2.45) is 0 Å². The third-order valence-electron chi connectivity index (χ3n) is 1.99. The number of morpholine rings is 1. The van der Waals surface area contributed by atoms with Gasteiger partial charge in [-0.2, -0.15) is 0 Å². The van der Waals surface area contributed by atoms with Crippen molar-refractivity contribution < 1.29 is 9.53 Å². The average Bonchev–Trinajstić information content (AvgIpc) is 2.80. The lowest BCUT2D eigenvalue weighted by Gasteiger charge is -2.26. The van der Waals surface area contributed by atoms with Crippen LogP contribution in [0.3, 0.4) is 0 Å². The summed E-state index contributed by atoms with van der Waals surface area (Å²) in [6.07, 6.45) is 0. The van der Waals surface area contributed by atoms with E-state index in [-0.39, 0.29) is 5.91 Å². The van der Waals surface area contributed by atoms with Gasteiger partial charge in [-0.1, -0.05) is 23.1 Å². The van der Waals surface area contributed by atoms with Crippen LogP contribution in [-0.4, -0.2) is 53.1 Å². The molecule has 0 N–H and O–H groups in total. The topological polar surface area (TPSA) is 55.3 Å². The van der Waals surface area contributed by atoms with Crippen molar-refractivity contribution in [3.8, 4) is 0 Å². The van der Waals surface area contributed by atoms with Gasteiger partial charge >= 0.3 is 0 Å². The predicted octanol–water partition coefficient (Wildman–Crippen LogP) is 0.289. The average molecular weight is 244 g/mol. The Bertz CT molecular complexity index is 312. The van der Waals surface area contributed by atoms with Crippen molar-refractivity contribution in [2.45, 2.75) is 4.34 Å². The van der Waals surface area contributed by atoms with Crippen LogP contribution in [-0.2, 0) is 9.53 Å². The van der Waals surface area contributed by atoms with Crippen LogP contribution in [0.1, 0.15) is 0 Å². The maximum Gasteiger partial charge on any atom is 0.233 e. The van der Waals surface area contributed by atoms with Gasteiger partial charge in [-0.3, -0.25) is 4.79 Å². The molecule has 2 rings (SSSR count). The molecular formula is C8H10N3O2S2. The minimum atomic E-state index is 0.138. The largest absolute Gasteiger partial charge is 0.378 e. The number of hydrogen-bond acceptors (Lipinski definition) is 6. The Morgan fingerprint density at radius 1 is 1.60 bits per heavy atom. The first kappa shape index (κ1) is 10.8. The second-order valence-corrected chi connectivity index (χ2v) is 4.94. The molecule has 1 aromatic rings. The Labute approximate surface area is 95.8 Å². The molecule has 5 nitrogen and oxygen atoms in total. The summed E-state index contributed by atoms with van der Waals surface area (Å²) in [5.41, 5.74) is 2.65. The summed E-state index contributed by atoms with van der Waals surface area (Å²) in [6.45, 7) is 2.68. The van der Waals surface area contributed by atoms with Crippen molar-refractivity contribution in [2.75, 3.05) is 32.1 Å². The Hall–Kier alpha value is -0.660. The number of hydrogen-bond donors (Lipinski definition) is 0. The second kappa shape index (κ2) is 5.43. The van der Waals surface area contributed by atoms with E-state index in [2.05, 4.69) is 15.7 Å². The Morgan fingerprint density at radius 3 is 3.07 bits per heavy atom. The fraction of sp³-hybridized carbons (Fsp3) is 0.625. The van der Waals surface area contributed by atoms with Gasteiger partial charge in [-0.15, -0.1) is 10.2 Å². The van der Waals surface area contributed by atoms with Crippen molar-refractivity contribution in [1.29, 1.82) is 0 Å². The lowest BCUT2D eigenvalue weighted by molar-refractivity contribution is -0.132. The number of rotatable bonds is 3. The molecule has 0 spiro atoms. The van der Waals surface area contributed by atoms with Gasteiger partial charge in [0, 0.05) is 13.1 Å². The van der Waals surface area contributed by atoms with E-state index in [1.807, 2.05) is 4.90 Å². The number of ether oxygens (including phenoxy) is 1. The van der Waals surface area contributed by atoms with E-state index in [9.17, 15) is 4.79 Å². The smallest absolute Gasteiger partial charge is 0.233 e. The molecule has 0 unspecified atom stereocenters. The Kier molecular flexibility index (Phi) is 3.93. The number of aromatic nitrogens is 2. The van der Waals surface area contributed by atoms with Crippen LogP contribution in [0.25, 0.3) is 0 Å². The van der Waals surface area contributed by atoms with E-state index >= 15 is 0 Å². The quantitative estimate of drug-likeness (QED) is 0.715. The van der Waals surface area contributed by atoms with Crippen LogP contribution >= 0.6 is 23.1 Å². The number of nitrogens with zero attached hydrogens (tertiary/aromatic N) is 3. The number of carbonyl (C=O) groups is 1. The van der Waals surface area contributed by atoms with Gasteiger partial charge in [0.25, 0.3) is 0 Å². The first-order valence-electron chi connectivity index (χ1n) is 4.54. The molecule has 15 heavy (non-hydrogen) atoms. The summed E-state index contributed by atoms with van der Waals surface area (Å²) in [4.78, 5) is 13.5. The summed E-state index contributed by atoms with van der Waals surface area (Å²) in [5, 5.41) is 7.40. The van der Waals surface area contributed by atoms with Gasteiger partial charge in [0.1, 0.15) is 0 Å². The normalized spacial score (nSPS) is 16.7.